The lowest BCUT2D eigenvalue weighted by Gasteiger charge is -2.16. The largest absolute Gasteiger partial charge is 0.492 e. The van der Waals surface area contributed by atoms with Crippen molar-refractivity contribution in [2.24, 2.45) is 0 Å². The monoisotopic (exact) mass is 251 g/mol. The van der Waals surface area contributed by atoms with Gasteiger partial charge in [0.15, 0.2) is 0 Å². The van der Waals surface area contributed by atoms with Gasteiger partial charge in [-0.2, -0.15) is 0 Å². The fraction of sp³-hybridized carbons (Fsp3) is 0.429. The summed E-state index contributed by atoms with van der Waals surface area (Å²) >= 11 is 5.88. The van der Waals surface area contributed by atoms with E-state index in [9.17, 15) is 0 Å². The molecule has 1 N–H and O–H groups in total. The Labute approximate surface area is 108 Å². The molecule has 3 heteroatoms. The highest BCUT2D eigenvalue weighted by Crippen LogP contribution is 2.17. The van der Waals surface area contributed by atoms with Gasteiger partial charge in [0.25, 0.3) is 0 Å². The Morgan fingerprint density at radius 3 is 3.00 bits per heavy atom. The number of rotatable bonds is 7. The predicted octanol–water partition coefficient (Wildman–Crippen LogP) is 3.11. The highest BCUT2D eigenvalue weighted by Gasteiger charge is 2.06. The van der Waals surface area contributed by atoms with Crippen LogP contribution in [0, 0.1) is 12.3 Å². The zero-order valence-corrected chi connectivity index (χ0v) is 10.8. The van der Waals surface area contributed by atoms with Crippen molar-refractivity contribution >= 4 is 11.6 Å². The Balaban J connectivity index is 2.34. The first-order valence-corrected chi connectivity index (χ1v) is 6.13. The quantitative estimate of drug-likeness (QED) is 0.594. The molecule has 2 nitrogen and oxygen atoms in total. The van der Waals surface area contributed by atoms with Crippen molar-refractivity contribution in [3.05, 3.63) is 29.3 Å². The Hall–Kier alpha value is -1.17. The van der Waals surface area contributed by atoms with Crippen LogP contribution in [-0.2, 0) is 0 Å². The molecule has 0 heterocycles. The van der Waals surface area contributed by atoms with Crippen LogP contribution >= 0.6 is 11.6 Å². The molecule has 1 aromatic carbocycles. The van der Waals surface area contributed by atoms with Crippen molar-refractivity contribution in [3.63, 3.8) is 0 Å². The summed E-state index contributed by atoms with van der Waals surface area (Å²) in [5.41, 5.74) is 0. The summed E-state index contributed by atoms with van der Waals surface area (Å²) in [6, 6.07) is 7.75. The third-order valence-corrected chi connectivity index (χ3v) is 2.76. The van der Waals surface area contributed by atoms with Gasteiger partial charge in [-0.15, -0.1) is 12.3 Å². The molecule has 92 valence electrons. The van der Waals surface area contributed by atoms with Gasteiger partial charge in [0, 0.05) is 17.5 Å². The van der Waals surface area contributed by atoms with E-state index in [-0.39, 0.29) is 0 Å². The van der Waals surface area contributed by atoms with Crippen LogP contribution in [0.25, 0.3) is 0 Å². The molecule has 0 amide bonds. The standard InChI is InChI=1S/C14H18ClNO/c1-3-4-5-8-13(16-2)11-17-14-9-6-7-12(15)10-14/h1,6-7,9-10,13,16H,4-5,8,11H2,2H3. The summed E-state index contributed by atoms with van der Waals surface area (Å²) in [7, 11) is 1.93. The number of hydrogen-bond acceptors (Lipinski definition) is 2. The first-order chi connectivity index (χ1) is 8.26. The molecule has 0 aromatic heterocycles. The number of benzene rings is 1. The van der Waals surface area contributed by atoms with E-state index in [1.807, 2.05) is 31.3 Å². The number of hydrogen-bond donors (Lipinski definition) is 1. The van der Waals surface area contributed by atoms with Gasteiger partial charge in [0.1, 0.15) is 12.4 Å². The molecular weight excluding hydrogens is 234 g/mol. The third kappa shape index (κ3) is 5.63. The molecule has 17 heavy (non-hydrogen) atoms. The van der Waals surface area contributed by atoms with Crippen LogP contribution < -0.4 is 10.1 Å². The topological polar surface area (TPSA) is 21.3 Å². The average molecular weight is 252 g/mol. The maximum Gasteiger partial charge on any atom is 0.120 e. The van der Waals surface area contributed by atoms with Gasteiger partial charge >= 0.3 is 0 Å². The molecule has 0 saturated carbocycles. The van der Waals surface area contributed by atoms with Crippen molar-refractivity contribution in [1.29, 1.82) is 0 Å². The molecule has 1 aromatic rings. The predicted molar refractivity (Wildman–Crippen MR) is 72.5 cm³/mol. The van der Waals surface area contributed by atoms with E-state index in [4.69, 9.17) is 22.8 Å². The minimum Gasteiger partial charge on any atom is -0.492 e. The van der Waals surface area contributed by atoms with Crippen LogP contribution in [0.1, 0.15) is 19.3 Å². The summed E-state index contributed by atoms with van der Waals surface area (Å²) in [6.07, 6.45) is 8.07. The molecule has 1 unspecified atom stereocenters. The zero-order chi connectivity index (χ0) is 12.5. The minimum absolute atomic E-state index is 0.322. The molecule has 0 bridgehead atoms. The molecule has 0 aliphatic carbocycles. The normalized spacial score (nSPS) is 11.8. The second-order valence-corrected chi connectivity index (χ2v) is 4.29. The van der Waals surface area contributed by atoms with Crippen LogP contribution in [-0.4, -0.2) is 19.7 Å². The zero-order valence-electron chi connectivity index (χ0n) is 10.1. The third-order valence-electron chi connectivity index (χ3n) is 2.53. The molecular formula is C14H18ClNO. The van der Waals surface area contributed by atoms with Gasteiger partial charge in [0.2, 0.25) is 0 Å². The van der Waals surface area contributed by atoms with E-state index < -0.39 is 0 Å². The minimum atomic E-state index is 0.322. The number of ether oxygens (including phenoxy) is 1. The summed E-state index contributed by atoms with van der Waals surface area (Å²) in [4.78, 5) is 0. The summed E-state index contributed by atoms with van der Waals surface area (Å²) in [6.45, 7) is 0.626. The van der Waals surface area contributed by atoms with Crippen LogP contribution in [0.4, 0.5) is 0 Å². The molecule has 0 spiro atoms. The van der Waals surface area contributed by atoms with Crippen molar-refractivity contribution in [1.82, 2.24) is 5.32 Å². The number of unbranched alkanes of at least 4 members (excludes halogenated alkanes) is 1. The van der Waals surface area contributed by atoms with Crippen molar-refractivity contribution < 1.29 is 4.74 Å². The van der Waals surface area contributed by atoms with E-state index in [2.05, 4.69) is 11.2 Å². The van der Waals surface area contributed by atoms with E-state index in [0.717, 1.165) is 25.0 Å². The molecule has 1 atom stereocenters. The van der Waals surface area contributed by atoms with Gasteiger partial charge in [0.05, 0.1) is 0 Å². The van der Waals surface area contributed by atoms with E-state index in [1.54, 1.807) is 0 Å². The second kappa shape index (κ2) is 8.00. The highest BCUT2D eigenvalue weighted by atomic mass is 35.5. The lowest BCUT2D eigenvalue weighted by Crippen LogP contribution is -2.31. The van der Waals surface area contributed by atoms with Crippen molar-refractivity contribution in [2.75, 3.05) is 13.7 Å². The van der Waals surface area contributed by atoms with Crippen molar-refractivity contribution in [2.45, 2.75) is 25.3 Å². The number of halogens is 1. The van der Waals surface area contributed by atoms with Crippen LogP contribution in [0.2, 0.25) is 5.02 Å². The van der Waals surface area contributed by atoms with Gasteiger partial charge in [-0.05, 0) is 38.1 Å². The summed E-state index contributed by atoms with van der Waals surface area (Å²) in [5, 5.41) is 3.91. The van der Waals surface area contributed by atoms with Gasteiger partial charge in [-0.3, -0.25) is 0 Å². The second-order valence-electron chi connectivity index (χ2n) is 3.85. The average Bonchev–Trinajstić information content (AvgIpc) is 2.34. The number of likely N-dealkylation sites (N-methyl/N-ethyl adjacent to an activating group) is 1. The lowest BCUT2D eigenvalue weighted by molar-refractivity contribution is 0.262. The smallest absolute Gasteiger partial charge is 0.120 e. The lowest BCUT2D eigenvalue weighted by atomic mass is 10.1. The van der Waals surface area contributed by atoms with Crippen molar-refractivity contribution in [3.8, 4) is 18.1 Å². The van der Waals surface area contributed by atoms with Gasteiger partial charge in [-0.1, -0.05) is 17.7 Å². The Morgan fingerprint density at radius 2 is 2.35 bits per heavy atom. The maximum absolute atomic E-state index is 5.88. The first kappa shape index (κ1) is 13.9. The van der Waals surface area contributed by atoms with E-state index in [1.165, 1.54) is 0 Å². The number of nitrogens with one attached hydrogen (secondary N) is 1. The van der Waals surface area contributed by atoms with E-state index >= 15 is 0 Å². The molecule has 0 fully saturated rings. The fourth-order valence-electron chi connectivity index (χ4n) is 1.52. The summed E-state index contributed by atoms with van der Waals surface area (Å²) in [5.74, 6) is 3.44. The molecule has 0 aliphatic heterocycles. The van der Waals surface area contributed by atoms with Crippen LogP contribution in [0.5, 0.6) is 5.75 Å². The molecule has 1 rings (SSSR count). The van der Waals surface area contributed by atoms with Gasteiger partial charge < -0.3 is 10.1 Å². The Kier molecular flexibility index (Phi) is 6.54. The van der Waals surface area contributed by atoms with Crippen LogP contribution in [0.3, 0.4) is 0 Å². The Morgan fingerprint density at radius 1 is 1.53 bits per heavy atom. The SMILES string of the molecule is C#CCCCC(COc1cccc(Cl)c1)NC. The number of terminal acetylenes is 1. The fourth-order valence-corrected chi connectivity index (χ4v) is 1.70. The maximum atomic E-state index is 5.88. The first-order valence-electron chi connectivity index (χ1n) is 5.75. The molecule has 0 saturated heterocycles. The van der Waals surface area contributed by atoms with Gasteiger partial charge in [-0.25, -0.2) is 0 Å². The van der Waals surface area contributed by atoms with Crippen LogP contribution in [0.15, 0.2) is 24.3 Å². The summed E-state index contributed by atoms with van der Waals surface area (Å²) < 4.78 is 5.67. The van der Waals surface area contributed by atoms with E-state index in [0.29, 0.717) is 17.7 Å². The molecule has 0 aliphatic rings. The Bertz CT molecular complexity index is 373. The highest BCUT2D eigenvalue weighted by molar-refractivity contribution is 6.30. The molecule has 0 radical (unpaired) electrons.